The Hall–Kier alpha value is -1.40. The molecule has 4 nitrogen and oxygen atoms in total. The smallest absolute Gasteiger partial charge is 0.272 e. The SMILES string of the molecule is CCc1c(C)[nH]c(=O)c(N(C)C)c1C(=O)c1cc(Br)cs1. The summed E-state index contributed by atoms with van der Waals surface area (Å²) in [4.78, 5) is 30.3. The fraction of sp³-hybridized carbons (Fsp3) is 0.333. The third-order valence-electron chi connectivity index (χ3n) is 3.33. The molecule has 2 heterocycles. The van der Waals surface area contributed by atoms with Gasteiger partial charge in [0.05, 0.1) is 10.4 Å². The molecule has 0 saturated carbocycles. The van der Waals surface area contributed by atoms with Crippen LogP contribution >= 0.6 is 27.3 Å². The van der Waals surface area contributed by atoms with E-state index in [-0.39, 0.29) is 11.3 Å². The van der Waals surface area contributed by atoms with Crippen LogP contribution < -0.4 is 10.5 Å². The Morgan fingerprint density at radius 2 is 2.10 bits per heavy atom. The van der Waals surface area contributed by atoms with Gasteiger partial charge in [0.15, 0.2) is 0 Å². The van der Waals surface area contributed by atoms with Crippen molar-refractivity contribution in [1.29, 1.82) is 0 Å². The molecule has 0 aliphatic heterocycles. The second kappa shape index (κ2) is 6.15. The molecule has 0 atom stereocenters. The highest BCUT2D eigenvalue weighted by atomic mass is 79.9. The van der Waals surface area contributed by atoms with Gasteiger partial charge in [-0.05, 0) is 40.9 Å². The molecular weight excluding hydrogens is 352 g/mol. The van der Waals surface area contributed by atoms with E-state index < -0.39 is 0 Å². The van der Waals surface area contributed by atoms with E-state index >= 15 is 0 Å². The molecule has 0 spiro atoms. The lowest BCUT2D eigenvalue weighted by Gasteiger charge is -2.19. The fourth-order valence-electron chi connectivity index (χ4n) is 2.42. The van der Waals surface area contributed by atoms with Crippen LogP contribution in [0.1, 0.15) is 33.4 Å². The van der Waals surface area contributed by atoms with Crippen LogP contribution in [0.15, 0.2) is 20.7 Å². The first-order valence-electron chi connectivity index (χ1n) is 6.58. The third-order valence-corrected chi connectivity index (χ3v) is 5.02. The van der Waals surface area contributed by atoms with Crippen LogP contribution in [-0.2, 0) is 6.42 Å². The number of anilines is 1. The second-order valence-corrected chi connectivity index (χ2v) is 6.81. The molecule has 0 aliphatic rings. The van der Waals surface area contributed by atoms with Crippen molar-refractivity contribution < 1.29 is 4.79 Å². The van der Waals surface area contributed by atoms with Crippen LogP contribution in [0.25, 0.3) is 0 Å². The molecule has 112 valence electrons. The van der Waals surface area contributed by atoms with Crippen molar-refractivity contribution >= 4 is 38.7 Å². The van der Waals surface area contributed by atoms with E-state index in [9.17, 15) is 9.59 Å². The van der Waals surface area contributed by atoms with Crippen molar-refractivity contribution in [3.63, 3.8) is 0 Å². The van der Waals surface area contributed by atoms with Gasteiger partial charge in [-0.1, -0.05) is 6.92 Å². The molecular formula is C15H17BrN2O2S. The zero-order chi connectivity index (χ0) is 15.7. The van der Waals surface area contributed by atoms with Crippen LogP contribution in [0.3, 0.4) is 0 Å². The highest BCUT2D eigenvalue weighted by Gasteiger charge is 2.24. The van der Waals surface area contributed by atoms with Crippen molar-refractivity contribution in [3.8, 4) is 0 Å². The van der Waals surface area contributed by atoms with Gasteiger partial charge in [-0.25, -0.2) is 0 Å². The molecule has 0 aliphatic carbocycles. The van der Waals surface area contributed by atoms with Crippen molar-refractivity contribution in [2.24, 2.45) is 0 Å². The summed E-state index contributed by atoms with van der Waals surface area (Å²) in [6.07, 6.45) is 0.692. The number of aromatic amines is 1. The Morgan fingerprint density at radius 1 is 1.43 bits per heavy atom. The van der Waals surface area contributed by atoms with E-state index in [1.807, 2.05) is 19.2 Å². The zero-order valence-electron chi connectivity index (χ0n) is 12.4. The van der Waals surface area contributed by atoms with Crippen LogP contribution in [0.5, 0.6) is 0 Å². The summed E-state index contributed by atoms with van der Waals surface area (Å²) in [5.74, 6) is -0.0968. The summed E-state index contributed by atoms with van der Waals surface area (Å²) in [5.41, 5.74) is 2.36. The maximum absolute atomic E-state index is 12.9. The highest BCUT2D eigenvalue weighted by Crippen LogP contribution is 2.28. The molecule has 0 bridgehead atoms. The summed E-state index contributed by atoms with van der Waals surface area (Å²) < 4.78 is 0.877. The van der Waals surface area contributed by atoms with Gasteiger partial charge in [-0.2, -0.15) is 0 Å². The number of H-pyrrole nitrogens is 1. The number of nitrogens with zero attached hydrogens (tertiary/aromatic N) is 1. The summed E-state index contributed by atoms with van der Waals surface area (Å²) in [6.45, 7) is 3.82. The number of aromatic nitrogens is 1. The lowest BCUT2D eigenvalue weighted by molar-refractivity contribution is 0.104. The quantitative estimate of drug-likeness (QED) is 0.841. The van der Waals surface area contributed by atoms with Crippen molar-refractivity contribution in [2.75, 3.05) is 19.0 Å². The van der Waals surface area contributed by atoms with Crippen molar-refractivity contribution in [2.45, 2.75) is 20.3 Å². The summed E-state index contributed by atoms with van der Waals surface area (Å²) in [6, 6.07) is 1.79. The average molecular weight is 369 g/mol. The minimum absolute atomic E-state index is 0.0968. The second-order valence-electron chi connectivity index (χ2n) is 4.99. The van der Waals surface area contributed by atoms with E-state index in [2.05, 4.69) is 20.9 Å². The number of halogens is 1. The van der Waals surface area contributed by atoms with Gasteiger partial charge in [-0.3, -0.25) is 9.59 Å². The largest absolute Gasteiger partial charge is 0.373 e. The lowest BCUT2D eigenvalue weighted by atomic mass is 9.97. The van der Waals surface area contributed by atoms with Gasteiger partial charge in [0.25, 0.3) is 5.56 Å². The number of hydrogen-bond acceptors (Lipinski definition) is 4. The third kappa shape index (κ3) is 2.96. The number of ketones is 1. The first-order valence-corrected chi connectivity index (χ1v) is 8.25. The summed E-state index contributed by atoms with van der Waals surface area (Å²) >= 11 is 4.74. The van der Waals surface area contributed by atoms with Gasteiger partial charge in [0, 0.05) is 29.6 Å². The maximum Gasteiger partial charge on any atom is 0.272 e. The Kier molecular flexibility index (Phi) is 4.68. The molecule has 2 aromatic rings. The molecule has 2 rings (SSSR count). The topological polar surface area (TPSA) is 53.2 Å². The standard InChI is InChI=1S/C15H17BrN2O2S/c1-5-10-8(2)17-15(20)13(18(3)4)12(10)14(19)11-6-9(16)7-21-11/h6-7H,5H2,1-4H3,(H,17,20). The Morgan fingerprint density at radius 3 is 2.57 bits per heavy atom. The van der Waals surface area contributed by atoms with Gasteiger partial charge in [0.1, 0.15) is 5.69 Å². The molecule has 1 N–H and O–H groups in total. The minimum Gasteiger partial charge on any atom is -0.373 e. The summed E-state index contributed by atoms with van der Waals surface area (Å²) in [5, 5.41) is 1.87. The molecule has 0 amide bonds. The predicted octanol–water partition coefficient (Wildman–Crippen LogP) is 3.37. The molecule has 0 unspecified atom stereocenters. The van der Waals surface area contributed by atoms with Gasteiger partial charge in [0.2, 0.25) is 5.78 Å². The van der Waals surface area contributed by atoms with Crippen molar-refractivity contribution in [1.82, 2.24) is 4.98 Å². The fourth-order valence-corrected chi connectivity index (χ4v) is 3.79. The highest BCUT2D eigenvalue weighted by molar-refractivity contribution is 9.10. The van der Waals surface area contributed by atoms with Crippen LogP contribution in [0.4, 0.5) is 5.69 Å². The monoisotopic (exact) mass is 368 g/mol. The van der Waals surface area contributed by atoms with Crippen molar-refractivity contribution in [3.05, 3.63) is 48.0 Å². The van der Waals surface area contributed by atoms with Crippen LogP contribution in [0, 0.1) is 6.92 Å². The number of nitrogens with one attached hydrogen (secondary N) is 1. The first-order chi connectivity index (χ1) is 9.86. The van der Waals surface area contributed by atoms with Crippen LogP contribution in [0.2, 0.25) is 0 Å². The summed E-state index contributed by atoms with van der Waals surface area (Å²) in [7, 11) is 3.56. The minimum atomic E-state index is -0.228. The van der Waals surface area contributed by atoms with E-state index in [0.717, 1.165) is 15.7 Å². The molecule has 21 heavy (non-hydrogen) atoms. The Labute approximate surface area is 135 Å². The zero-order valence-corrected chi connectivity index (χ0v) is 14.8. The normalized spacial score (nSPS) is 10.7. The van der Waals surface area contributed by atoms with Gasteiger partial charge < -0.3 is 9.88 Å². The predicted molar refractivity (Wildman–Crippen MR) is 91.0 cm³/mol. The number of pyridine rings is 1. The van der Waals surface area contributed by atoms with E-state index in [0.29, 0.717) is 22.5 Å². The number of rotatable bonds is 4. The number of hydrogen-bond donors (Lipinski definition) is 1. The maximum atomic E-state index is 12.9. The van der Waals surface area contributed by atoms with Crippen LogP contribution in [-0.4, -0.2) is 24.9 Å². The van der Waals surface area contributed by atoms with E-state index in [1.54, 1.807) is 25.1 Å². The Balaban J connectivity index is 2.76. The number of carbonyl (C=O) groups excluding carboxylic acids is 1. The lowest BCUT2D eigenvalue weighted by Crippen LogP contribution is -2.27. The molecule has 6 heteroatoms. The van der Waals surface area contributed by atoms with E-state index in [4.69, 9.17) is 0 Å². The molecule has 0 radical (unpaired) electrons. The van der Waals surface area contributed by atoms with E-state index in [1.165, 1.54) is 11.3 Å². The van der Waals surface area contributed by atoms with Gasteiger partial charge in [-0.15, -0.1) is 11.3 Å². The van der Waals surface area contributed by atoms with Gasteiger partial charge >= 0.3 is 0 Å². The number of aryl methyl sites for hydroxylation is 1. The first kappa shape index (κ1) is 16.0. The Bertz CT molecular complexity index is 747. The molecule has 0 aromatic carbocycles. The molecule has 0 fully saturated rings. The molecule has 2 aromatic heterocycles. The number of thiophene rings is 1. The molecule has 0 saturated heterocycles. The number of carbonyl (C=O) groups is 1. The average Bonchev–Trinajstić information content (AvgIpc) is 2.83.